The number of nitro benzene ring substituents is 1. The highest BCUT2D eigenvalue weighted by Gasteiger charge is 2.04. The number of nitrogens with one attached hydrogen (secondary N) is 2. The van der Waals surface area contributed by atoms with Gasteiger partial charge in [0.2, 0.25) is 11.8 Å². The Kier molecular flexibility index (Phi) is 9.32. The van der Waals surface area contributed by atoms with Crippen molar-refractivity contribution in [2.24, 2.45) is 0 Å². The Bertz CT molecular complexity index is 1120. The quantitative estimate of drug-likeness (QED) is 0.299. The number of rotatable bonds is 7. The van der Waals surface area contributed by atoms with Gasteiger partial charge >= 0.3 is 0 Å². The maximum atomic E-state index is 10.9. The molecule has 2 aromatic heterocycles. The fourth-order valence-corrected chi connectivity index (χ4v) is 3.65. The molecule has 3 rings (SSSR count). The first-order valence-electron chi connectivity index (χ1n) is 9.08. The normalized spacial score (nSPS) is 10.2. The molecule has 2 N–H and O–H groups in total. The van der Waals surface area contributed by atoms with E-state index < -0.39 is 4.92 Å². The van der Waals surface area contributed by atoms with Crippen LogP contribution in [-0.2, 0) is 20.8 Å². The third-order valence-corrected chi connectivity index (χ3v) is 5.07. The zero-order valence-corrected chi connectivity index (χ0v) is 18.7. The van der Waals surface area contributed by atoms with Crippen molar-refractivity contribution >= 4 is 68.9 Å². The van der Waals surface area contributed by atoms with Crippen molar-refractivity contribution in [2.75, 3.05) is 10.6 Å². The second-order valence-electron chi connectivity index (χ2n) is 6.14. The second kappa shape index (κ2) is 12.2. The van der Waals surface area contributed by atoms with Crippen LogP contribution >= 0.6 is 22.7 Å². The van der Waals surface area contributed by atoms with Crippen molar-refractivity contribution in [3.8, 4) is 0 Å². The van der Waals surface area contributed by atoms with E-state index in [2.05, 4.69) is 20.6 Å². The summed E-state index contributed by atoms with van der Waals surface area (Å²) in [5.74, 6) is -0.313. The van der Waals surface area contributed by atoms with Crippen LogP contribution in [0, 0.1) is 10.1 Å². The van der Waals surface area contributed by atoms with Crippen LogP contribution in [-0.4, -0.2) is 33.0 Å². The summed E-state index contributed by atoms with van der Waals surface area (Å²) < 4.78 is 0. The minimum absolute atomic E-state index is 0.0590. The van der Waals surface area contributed by atoms with E-state index in [1.807, 2.05) is 5.38 Å². The van der Waals surface area contributed by atoms with Gasteiger partial charge in [0, 0.05) is 43.2 Å². The first-order valence-corrected chi connectivity index (χ1v) is 10.8. The fraction of sp³-hybridized carbons (Fsp3) is 0.150. The van der Waals surface area contributed by atoms with Crippen LogP contribution in [0.1, 0.15) is 30.8 Å². The molecule has 0 unspecified atom stereocenters. The summed E-state index contributed by atoms with van der Waals surface area (Å²) in [6.45, 7) is 2.84. The number of nitro groups is 1. The van der Waals surface area contributed by atoms with E-state index in [1.54, 1.807) is 29.7 Å². The molecule has 0 fully saturated rings. The summed E-state index contributed by atoms with van der Waals surface area (Å²) in [6.07, 6.45) is 4.67. The summed E-state index contributed by atoms with van der Waals surface area (Å²) in [6, 6.07) is 6.22. The zero-order valence-electron chi connectivity index (χ0n) is 17.1. The zero-order chi connectivity index (χ0) is 23.5. The average Bonchev–Trinajstić information content (AvgIpc) is 3.36. The number of hydrogen-bond donors (Lipinski definition) is 2. The highest BCUT2D eigenvalue weighted by atomic mass is 32.1. The largest absolute Gasteiger partial charge is 0.303 e. The molecule has 2 heterocycles. The van der Waals surface area contributed by atoms with Crippen molar-refractivity contribution in [1.82, 2.24) is 9.97 Å². The number of nitrogens with zero attached hydrogens (tertiary/aromatic N) is 3. The molecule has 0 aliphatic carbocycles. The molecule has 0 bridgehead atoms. The van der Waals surface area contributed by atoms with Crippen molar-refractivity contribution in [3.05, 3.63) is 62.1 Å². The van der Waals surface area contributed by atoms with Crippen molar-refractivity contribution in [2.45, 2.75) is 20.3 Å². The van der Waals surface area contributed by atoms with Crippen LogP contribution in [0.15, 0.2) is 35.0 Å². The second-order valence-corrected chi connectivity index (χ2v) is 7.85. The van der Waals surface area contributed by atoms with Gasteiger partial charge in [-0.15, -0.1) is 22.7 Å². The highest BCUT2D eigenvalue weighted by molar-refractivity contribution is 7.14. The topological polar surface area (TPSA) is 144 Å². The number of hydrogen-bond acceptors (Lipinski definition) is 9. The lowest BCUT2D eigenvalue weighted by Crippen LogP contribution is -2.05. The Hall–Kier alpha value is -3.77. The number of anilines is 2. The van der Waals surface area contributed by atoms with E-state index in [1.165, 1.54) is 48.7 Å². The summed E-state index contributed by atoms with van der Waals surface area (Å²) in [5.41, 5.74) is 2.31. The maximum Gasteiger partial charge on any atom is 0.269 e. The lowest BCUT2D eigenvalue weighted by Gasteiger charge is -1.93. The minimum Gasteiger partial charge on any atom is -0.303 e. The van der Waals surface area contributed by atoms with Gasteiger partial charge in [0.15, 0.2) is 10.3 Å². The van der Waals surface area contributed by atoms with E-state index in [0.29, 0.717) is 22.4 Å². The van der Waals surface area contributed by atoms with Gasteiger partial charge in [0.25, 0.3) is 5.69 Å². The molecule has 10 nitrogen and oxygen atoms in total. The molecule has 0 atom stereocenters. The van der Waals surface area contributed by atoms with Gasteiger partial charge in [-0.1, -0.05) is 6.08 Å². The van der Waals surface area contributed by atoms with Crippen LogP contribution in [0.25, 0.3) is 12.2 Å². The van der Waals surface area contributed by atoms with Crippen molar-refractivity contribution in [1.29, 1.82) is 0 Å². The van der Waals surface area contributed by atoms with Gasteiger partial charge < -0.3 is 15.4 Å². The first-order chi connectivity index (χ1) is 15.3. The van der Waals surface area contributed by atoms with Crippen LogP contribution < -0.4 is 10.6 Å². The molecule has 0 saturated heterocycles. The van der Waals surface area contributed by atoms with E-state index >= 15 is 0 Å². The molecule has 0 aliphatic heterocycles. The van der Waals surface area contributed by atoms with E-state index in [4.69, 9.17) is 0 Å². The molecule has 0 radical (unpaired) electrons. The van der Waals surface area contributed by atoms with Gasteiger partial charge in [-0.25, -0.2) is 9.97 Å². The Balaban J connectivity index is 0.000000258. The summed E-state index contributed by atoms with van der Waals surface area (Å²) >= 11 is 2.65. The number of amides is 2. The Morgan fingerprint density at radius 2 is 1.59 bits per heavy atom. The van der Waals surface area contributed by atoms with Gasteiger partial charge in [0.1, 0.15) is 6.29 Å². The van der Waals surface area contributed by atoms with Crippen LogP contribution in [0.2, 0.25) is 0 Å². The predicted octanol–water partition coefficient (Wildman–Crippen LogP) is 4.02. The number of thiazole rings is 2. The van der Waals surface area contributed by atoms with E-state index in [9.17, 15) is 24.5 Å². The lowest BCUT2D eigenvalue weighted by molar-refractivity contribution is -0.384. The molecule has 2 amide bonds. The third kappa shape index (κ3) is 8.53. The van der Waals surface area contributed by atoms with E-state index in [-0.39, 0.29) is 17.5 Å². The van der Waals surface area contributed by atoms with Gasteiger partial charge in [-0.3, -0.25) is 19.7 Å². The van der Waals surface area contributed by atoms with E-state index in [0.717, 1.165) is 17.5 Å². The molecule has 32 heavy (non-hydrogen) atoms. The predicted molar refractivity (Wildman–Crippen MR) is 125 cm³/mol. The Labute approximate surface area is 191 Å². The lowest BCUT2D eigenvalue weighted by atomic mass is 10.2. The van der Waals surface area contributed by atoms with Gasteiger partial charge in [-0.05, 0) is 23.8 Å². The number of non-ortho nitro benzene ring substituents is 1. The van der Waals surface area contributed by atoms with Gasteiger partial charge in [-0.2, -0.15) is 0 Å². The molecule has 0 spiro atoms. The van der Waals surface area contributed by atoms with Crippen LogP contribution in [0.3, 0.4) is 0 Å². The third-order valence-electron chi connectivity index (χ3n) is 3.48. The number of aldehydes is 1. The van der Waals surface area contributed by atoms with Crippen molar-refractivity contribution < 1.29 is 19.3 Å². The maximum absolute atomic E-state index is 10.9. The fourth-order valence-electron chi connectivity index (χ4n) is 2.15. The van der Waals surface area contributed by atoms with Gasteiger partial charge in [0.05, 0.1) is 16.3 Å². The smallest absolute Gasteiger partial charge is 0.269 e. The number of benzene rings is 1. The average molecular weight is 474 g/mol. The number of aromatic nitrogens is 2. The minimum atomic E-state index is -0.437. The Morgan fingerprint density at radius 1 is 1.00 bits per heavy atom. The first kappa shape index (κ1) is 24.5. The standard InChI is InChI=1S/C13H11N3O3S.C7H8N2O2S/c1-9(17)14-13-15-11(8-20-13)5-2-10-3-6-12(7-4-10)16(18)19;1-5(11)8-7-9-6(2-3-10)4-12-7/h2-8H,1H3,(H,14,15,17);3-4H,2H2,1H3,(H,8,9,11)/b5-2-;. The molecule has 12 heteroatoms. The van der Waals surface area contributed by atoms with Crippen LogP contribution in [0.4, 0.5) is 16.0 Å². The molecule has 1 aromatic carbocycles. The van der Waals surface area contributed by atoms with Crippen LogP contribution in [0.5, 0.6) is 0 Å². The molecule has 166 valence electrons. The Morgan fingerprint density at radius 3 is 2.16 bits per heavy atom. The molecular weight excluding hydrogens is 454 g/mol. The van der Waals surface area contributed by atoms with Crippen molar-refractivity contribution in [3.63, 3.8) is 0 Å². The summed E-state index contributed by atoms with van der Waals surface area (Å²) in [7, 11) is 0. The molecule has 0 aliphatic rings. The number of carbonyl (C=O) groups excluding carboxylic acids is 3. The molecular formula is C20H19N5O5S2. The SMILES string of the molecule is CC(=O)Nc1nc(/C=C\c2ccc([N+](=O)[O-])cc2)cs1.CC(=O)Nc1nc(CC=O)cs1. The number of carbonyl (C=O) groups is 3. The monoisotopic (exact) mass is 473 g/mol. The summed E-state index contributed by atoms with van der Waals surface area (Å²) in [5, 5.41) is 20.3. The molecule has 3 aromatic rings. The molecule has 0 saturated carbocycles. The summed E-state index contributed by atoms with van der Waals surface area (Å²) in [4.78, 5) is 49.8. The highest BCUT2D eigenvalue weighted by Crippen LogP contribution is 2.18.